The van der Waals surface area contributed by atoms with Gasteiger partial charge >= 0.3 is 0 Å². The monoisotopic (exact) mass is 260 g/mol. The predicted octanol–water partition coefficient (Wildman–Crippen LogP) is 4.82. The van der Waals surface area contributed by atoms with E-state index in [9.17, 15) is 0 Å². The number of hydrogen-bond donors (Lipinski definition) is 1. The number of aromatic nitrogens is 2. The maximum absolute atomic E-state index is 5.43. The molecular weight excluding hydrogens is 240 g/mol. The zero-order chi connectivity index (χ0) is 13.3. The molecule has 2 nitrogen and oxygen atoms in total. The van der Waals surface area contributed by atoms with Crippen LogP contribution in [0.2, 0.25) is 0 Å². The summed E-state index contributed by atoms with van der Waals surface area (Å²) in [5, 5.41) is 0. The third kappa shape index (κ3) is 2.41. The van der Waals surface area contributed by atoms with Gasteiger partial charge in [-0.25, -0.2) is 0 Å². The molecule has 96 valence electrons. The fourth-order valence-electron chi connectivity index (χ4n) is 1.98. The molecule has 0 saturated carbocycles. The summed E-state index contributed by atoms with van der Waals surface area (Å²) in [6.07, 6.45) is 2.00. The lowest BCUT2D eigenvalue weighted by Gasteiger charge is -2.30. The van der Waals surface area contributed by atoms with Gasteiger partial charge in [-0.3, -0.25) is 0 Å². The van der Waals surface area contributed by atoms with E-state index in [1.54, 1.807) is 0 Å². The average molecular weight is 260 g/mol. The van der Waals surface area contributed by atoms with Crippen LogP contribution in [0, 0.1) is 10.2 Å². The number of imidazole rings is 1. The second-order valence-electron chi connectivity index (χ2n) is 5.76. The Morgan fingerprint density at radius 3 is 2.33 bits per heavy atom. The smallest absolute Gasteiger partial charge is 0.177 e. The van der Waals surface area contributed by atoms with Crippen molar-refractivity contribution in [3.8, 4) is 11.3 Å². The van der Waals surface area contributed by atoms with E-state index in [1.165, 1.54) is 5.56 Å². The zero-order valence-electron chi connectivity index (χ0n) is 11.4. The predicted molar refractivity (Wildman–Crippen MR) is 79.2 cm³/mol. The largest absolute Gasteiger partial charge is 0.337 e. The topological polar surface area (TPSA) is 20.7 Å². The van der Waals surface area contributed by atoms with Crippen LogP contribution in [0.4, 0.5) is 0 Å². The molecule has 18 heavy (non-hydrogen) atoms. The fourth-order valence-corrected chi connectivity index (χ4v) is 2.30. The van der Waals surface area contributed by atoms with Crippen LogP contribution in [0.25, 0.3) is 11.3 Å². The van der Waals surface area contributed by atoms with Gasteiger partial charge in [0.25, 0.3) is 0 Å². The molecule has 0 spiro atoms. The SMILES string of the molecule is CC(n1c(-c2ccccc2)c[nH]c1=S)C(C)(C)C. The molecule has 2 rings (SSSR count). The molecule has 1 N–H and O–H groups in total. The van der Waals surface area contributed by atoms with Gasteiger partial charge in [0.05, 0.1) is 5.69 Å². The van der Waals surface area contributed by atoms with Gasteiger partial charge < -0.3 is 9.55 Å². The highest BCUT2D eigenvalue weighted by Crippen LogP contribution is 2.34. The molecule has 0 fully saturated rings. The molecule has 0 radical (unpaired) electrons. The van der Waals surface area contributed by atoms with Crippen molar-refractivity contribution in [1.29, 1.82) is 0 Å². The lowest BCUT2D eigenvalue weighted by molar-refractivity contribution is 0.262. The maximum atomic E-state index is 5.43. The summed E-state index contributed by atoms with van der Waals surface area (Å²) in [6, 6.07) is 10.7. The van der Waals surface area contributed by atoms with Gasteiger partial charge in [-0.15, -0.1) is 0 Å². The van der Waals surface area contributed by atoms with E-state index in [0.717, 1.165) is 10.5 Å². The lowest BCUT2D eigenvalue weighted by Crippen LogP contribution is -2.22. The molecular formula is C15H20N2S. The first-order valence-corrected chi connectivity index (χ1v) is 6.67. The average Bonchev–Trinajstić information content (AvgIpc) is 2.70. The highest BCUT2D eigenvalue weighted by molar-refractivity contribution is 7.71. The van der Waals surface area contributed by atoms with Gasteiger partial charge in [0, 0.05) is 12.2 Å². The van der Waals surface area contributed by atoms with Crippen molar-refractivity contribution in [1.82, 2.24) is 9.55 Å². The Kier molecular flexibility index (Phi) is 3.44. The van der Waals surface area contributed by atoms with Crippen molar-refractivity contribution in [2.24, 2.45) is 5.41 Å². The first-order valence-electron chi connectivity index (χ1n) is 6.26. The van der Waals surface area contributed by atoms with Gasteiger partial charge in [0.15, 0.2) is 4.77 Å². The third-order valence-electron chi connectivity index (χ3n) is 3.52. The van der Waals surface area contributed by atoms with Crippen molar-refractivity contribution in [2.45, 2.75) is 33.7 Å². The number of nitrogens with zero attached hydrogens (tertiary/aromatic N) is 1. The molecule has 2 aromatic rings. The van der Waals surface area contributed by atoms with Gasteiger partial charge in [-0.1, -0.05) is 51.1 Å². The second kappa shape index (κ2) is 4.73. The molecule has 3 heteroatoms. The summed E-state index contributed by atoms with van der Waals surface area (Å²) >= 11 is 5.43. The maximum Gasteiger partial charge on any atom is 0.177 e. The van der Waals surface area contributed by atoms with Crippen LogP contribution in [0.15, 0.2) is 36.5 Å². The minimum Gasteiger partial charge on any atom is -0.337 e. The van der Waals surface area contributed by atoms with Crippen LogP contribution < -0.4 is 0 Å². The van der Waals surface area contributed by atoms with E-state index in [-0.39, 0.29) is 5.41 Å². The molecule has 1 aromatic heterocycles. The van der Waals surface area contributed by atoms with E-state index in [2.05, 4.69) is 61.5 Å². The van der Waals surface area contributed by atoms with Crippen LogP contribution in [-0.2, 0) is 0 Å². The van der Waals surface area contributed by atoms with E-state index in [4.69, 9.17) is 12.2 Å². The molecule has 1 aromatic carbocycles. The number of benzene rings is 1. The molecule has 0 saturated heterocycles. The number of rotatable bonds is 2. The van der Waals surface area contributed by atoms with Crippen LogP contribution in [0.1, 0.15) is 33.7 Å². The van der Waals surface area contributed by atoms with E-state index < -0.39 is 0 Å². The molecule has 0 aliphatic carbocycles. The molecule has 0 amide bonds. The number of nitrogens with one attached hydrogen (secondary N) is 1. The third-order valence-corrected chi connectivity index (χ3v) is 3.84. The van der Waals surface area contributed by atoms with Gasteiger partial charge in [-0.05, 0) is 30.1 Å². The Morgan fingerprint density at radius 2 is 1.78 bits per heavy atom. The van der Waals surface area contributed by atoms with Crippen LogP contribution in [0.5, 0.6) is 0 Å². The van der Waals surface area contributed by atoms with Crippen LogP contribution in [0.3, 0.4) is 0 Å². The van der Waals surface area contributed by atoms with E-state index in [1.807, 2.05) is 12.3 Å². The van der Waals surface area contributed by atoms with Gasteiger partial charge in [0.2, 0.25) is 0 Å². The van der Waals surface area contributed by atoms with Crippen molar-refractivity contribution < 1.29 is 0 Å². The van der Waals surface area contributed by atoms with Crippen molar-refractivity contribution in [3.05, 3.63) is 41.3 Å². The summed E-state index contributed by atoms with van der Waals surface area (Å²) < 4.78 is 3.00. The van der Waals surface area contributed by atoms with Crippen LogP contribution in [-0.4, -0.2) is 9.55 Å². The first-order chi connectivity index (χ1) is 8.41. The summed E-state index contributed by atoms with van der Waals surface area (Å²) in [5.74, 6) is 0. The van der Waals surface area contributed by atoms with Crippen molar-refractivity contribution >= 4 is 12.2 Å². The molecule has 0 aliphatic heterocycles. The van der Waals surface area contributed by atoms with Crippen molar-refractivity contribution in [3.63, 3.8) is 0 Å². The minimum absolute atomic E-state index is 0.171. The Labute approximate surface area is 114 Å². The fraction of sp³-hybridized carbons (Fsp3) is 0.400. The Hall–Kier alpha value is -1.35. The molecule has 0 aliphatic rings. The zero-order valence-corrected chi connectivity index (χ0v) is 12.2. The van der Waals surface area contributed by atoms with E-state index in [0.29, 0.717) is 6.04 Å². The van der Waals surface area contributed by atoms with Gasteiger partial charge in [0.1, 0.15) is 0 Å². The molecule has 1 atom stereocenters. The Bertz CT molecular complexity index is 573. The summed E-state index contributed by atoms with van der Waals surface area (Å²) in [6.45, 7) is 8.93. The molecule has 0 bridgehead atoms. The van der Waals surface area contributed by atoms with E-state index >= 15 is 0 Å². The summed E-state index contributed by atoms with van der Waals surface area (Å²) in [4.78, 5) is 3.17. The number of H-pyrrole nitrogens is 1. The Morgan fingerprint density at radius 1 is 1.17 bits per heavy atom. The molecule has 1 heterocycles. The van der Waals surface area contributed by atoms with Gasteiger partial charge in [-0.2, -0.15) is 0 Å². The summed E-state index contributed by atoms with van der Waals surface area (Å²) in [5.41, 5.74) is 2.52. The Balaban J connectivity index is 2.56. The van der Waals surface area contributed by atoms with Crippen molar-refractivity contribution in [2.75, 3.05) is 0 Å². The second-order valence-corrected chi connectivity index (χ2v) is 6.14. The highest BCUT2D eigenvalue weighted by Gasteiger charge is 2.24. The highest BCUT2D eigenvalue weighted by atomic mass is 32.1. The standard InChI is InChI=1S/C15H20N2S/c1-11(15(2,3)4)17-13(10-16-14(17)18)12-8-6-5-7-9-12/h5-11H,1-4H3,(H,16,18). The number of hydrogen-bond acceptors (Lipinski definition) is 1. The van der Waals surface area contributed by atoms with Crippen LogP contribution >= 0.6 is 12.2 Å². The quantitative estimate of drug-likeness (QED) is 0.768. The minimum atomic E-state index is 0.171. The molecule has 1 unspecified atom stereocenters. The first kappa shape index (κ1) is 13.1. The summed E-state index contributed by atoms with van der Waals surface area (Å²) in [7, 11) is 0. The normalized spacial score (nSPS) is 13.6. The lowest BCUT2D eigenvalue weighted by atomic mass is 9.87. The number of aromatic amines is 1.